The maximum Gasteiger partial charge on any atom is 0.336 e. The van der Waals surface area contributed by atoms with Crippen molar-refractivity contribution in [2.45, 2.75) is 44.8 Å². The van der Waals surface area contributed by atoms with Gasteiger partial charge in [-0.2, -0.15) is 0 Å². The molecule has 2 fully saturated rings. The third-order valence-electron chi connectivity index (χ3n) is 3.94. The number of rotatable bonds is 2. The molecule has 1 saturated carbocycles. The van der Waals surface area contributed by atoms with Gasteiger partial charge in [0, 0.05) is 12.0 Å². The molecule has 3 unspecified atom stereocenters. The lowest BCUT2D eigenvalue weighted by molar-refractivity contribution is -0.182. The standard InChI is InChI=1S/C13H18O3/c14-13(16-12-3-1-2-6-15-12)11-8-9-4-5-10(11)7-9/h8-10,12H,1-7H2. The van der Waals surface area contributed by atoms with Gasteiger partial charge in [-0.1, -0.05) is 6.08 Å². The van der Waals surface area contributed by atoms with Crippen LogP contribution in [0.5, 0.6) is 0 Å². The smallest absolute Gasteiger partial charge is 0.336 e. The molecule has 3 heteroatoms. The molecule has 0 aromatic heterocycles. The van der Waals surface area contributed by atoms with E-state index in [2.05, 4.69) is 6.08 Å². The van der Waals surface area contributed by atoms with Crippen LogP contribution in [-0.2, 0) is 14.3 Å². The van der Waals surface area contributed by atoms with Crippen LogP contribution >= 0.6 is 0 Å². The third-order valence-corrected chi connectivity index (χ3v) is 3.94. The van der Waals surface area contributed by atoms with E-state index in [-0.39, 0.29) is 12.3 Å². The molecule has 3 atom stereocenters. The number of ether oxygens (including phenoxy) is 2. The van der Waals surface area contributed by atoms with Gasteiger partial charge in [0.2, 0.25) is 6.29 Å². The van der Waals surface area contributed by atoms with Crippen molar-refractivity contribution in [2.24, 2.45) is 11.8 Å². The molecule has 1 aliphatic heterocycles. The number of esters is 1. The molecule has 2 bridgehead atoms. The van der Waals surface area contributed by atoms with E-state index in [1.807, 2.05) is 0 Å². The Morgan fingerprint density at radius 3 is 2.88 bits per heavy atom. The molecule has 1 saturated heterocycles. The zero-order valence-electron chi connectivity index (χ0n) is 9.48. The summed E-state index contributed by atoms with van der Waals surface area (Å²) in [6.07, 6.45) is 8.45. The van der Waals surface area contributed by atoms with Gasteiger partial charge in [-0.15, -0.1) is 0 Å². The molecule has 2 aliphatic carbocycles. The van der Waals surface area contributed by atoms with Gasteiger partial charge < -0.3 is 9.47 Å². The predicted octanol–water partition coefficient (Wildman–Crippen LogP) is 2.41. The molecule has 88 valence electrons. The molecule has 3 aliphatic rings. The maximum absolute atomic E-state index is 11.9. The Kier molecular flexibility index (Phi) is 2.72. The third kappa shape index (κ3) is 1.88. The van der Waals surface area contributed by atoms with E-state index in [4.69, 9.17) is 9.47 Å². The summed E-state index contributed by atoms with van der Waals surface area (Å²) >= 11 is 0. The highest BCUT2D eigenvalue weighted by atomic mass is 16.7. The van der Waals surface area contributed by atoms with Crippen LogP contribution in [-0.4, -0.2) is 18.9 Å². The first-order valence-electron chi connectivity index (χ1n) is 6.37. The van der Waals surface area contributed by atoms with Crippen LogP contribution in [0.25, 0.3) is 0 Å². The van der Waals surface area contributed by atoms with Gasteiger partial charge in [0.05, 0.1) is 6.61 Å². The molecule has 1 heterocycles. The highest BCUT2D eigenvalue weighted by Crippen LogP contribution is 2.44. The molecule has 0 amide bonds. The van der Waals surface area contributed by atoms with Gasteiger partial charge >= 0.3 is 5.97 Å². The fraction of sp³-hybridized carbons (Fsp3) is 0.769. The van der Waals surface area contributed by atoms with Crippen molar-refractivity contribution >= 4 is 5.97 Å². The van der Waals surface area contributed by atoms with Crippen molar-refractivity contribution in [3.05, 3.63) is 11.6 Å². The lowest BCUT2D eigenvalue weighted by Gasteiger charge is -2.23. The predicted molar refractivity (Wildman–Crippen MR) is 58.6 cm³/mol. The SMILES string of the molecule is O=C(OC1CCCCO1)C1=CC2CCC1C2. The molecule has 3 nitrogen and oxygen atoms in total. The summed E-state index contributed by atoms with van der Waals surface area (Å²) in [7, 11) is 0. The highest BCUT2D eigenvalue weighted by molar-refractivity contribution is 5.90. The second-order valence-electron chi connectivity index (χ2n) is 5.09. The first kappa shape index (κ1) is 10.3. The number of hydrogen-bond acceptors (Lipinski definition) is 3. The van der Waals surface area contributed by atoms with Crippen molar-refractivity contribution < 1.29 is 14.3 Å². The molecular weight excluding hydrogens is 204 g/mol. The number of carbonyl (C=O) groups is 1. The van der Waals surface area contributed by atoms with E-state index in [1.54, 1.807) is 0 Å². The normalized spacial score (nSPS) is 37.2. The Morgan fingerprint density at radius 1 is 1.31 bits per heavy atom. The zero-order valence-corrected chi connectivity index (χ0v) is 9.48. The van der Waals surface area contributed by atoms with Crippen LogP contribution in [0.3, 0.4) is 0 Å². The van der Waals surface area contributed by atoms with Gasteiger partial charge in [-0.25, -0.2) is 4.79 Å². The minimum Gasteiger partial charge on any atom is -0.432 e. The van der Waals surface area contributed by atoms with E-state index in [0.717, 1.165) is 44.3 Å². The summed E-state index contributed by atoms with van der Waals surface area (Å²) in [5.74, 6) is 0.986. The van der Waals surface area contributed by atoms with Crippen LogP contribution in [0.1, 0.15) is 38.5 Å². The molecule has 3 rings (SSSR count). The number of fused-ring (bicyclic) bond motifs is 2. The average molecular weight is 222 g/mol. The molecular formula is C13H18O3. The van der Waals surface area contributed by atoms with Crippen molar-refractivity contribution in [1.29, 1.82) is 0 Å². The van der Waals surface area contributed by atoms with Gasteiger partial charge in [0.25, 0.3) is 0 Å². The minimum absolute atomic E-state index is 0.126. The molecule has 0 radical (unpaired) electrons. The van der Waals surface area contributed by atoms with Gasteiger partial charge in [-0.05, 0) is 43.9 Å². The summed E-state index contributed by atoms with van der Waals surface area (Å²) in [5, 5.41) is 0. The van der Waals surface area contributed by atoms with Crippen LogP contribution in [0, 0.1) is 11.8 Å². The number of hydrogen-bond donors (Lipinski definition) is 0. The number of carbonyl (C=O) groups excluding carboxylic acids is 1. The second kappa shape index (κ2) is 4.21. The Morgan fingerprint density at radius 2 is 2.25 bits per heavy atom. The highest BCUT2D eigenvalue weighted by Gasteiger charge is 2.37. The maximum atomic E-state index is 11.9. The number of allylic oxidation sites excluding steroid dienone is 1. The van der Waals surface area contributed by atoms with E-state index in [0.29, 0.717) is 11.8 Å². The summed E-state index contributed by atoms with van der Waals surface area (Å²) in [4.78, 5) is 11.9. The Labute approximate surface area is 95.8 Å². The fourth-order valence-corrected chi connectivity index (χ4v) is 3.07. The summed E-state index contributed by atoms with van der Waals surface area (Å²) in [5.41, 5.74) is 0.922. The minimum atomic E-state index is -0.290. The first-order chi connectivity index (χ1) is 7.83. The molecule has 16 heavy (non-hydrogen) atoms. The fourth-order valence-electron chi connectivity index (χ4n) is 3.07. The first-order valence-corrected chi connectivity index (χ1v) is 6.37. The largest absolute Gasteiger partial charge is 0.432 e. The van der Waals surface area contributed by atoms with Crippen molar-refractivity contribution in [2.75, 3.05) is 6.61 Å². The van der Waals surface area contributed by atoms with Gasteiger partial charge in [0.1, 0.15) is 0 Å². The van der Waals surface area contributed by atoms with Crippen molar-refractivity contribution in [3.63, 3.8) is 0 Å². The quantitative estimate of drug-likeness (QED) is 0.673. The van der Waals surface area contributed by atoms with Crippen LogP contribution < -0.4 is 0 Å². The van der Waals surface area contributed by atoms with E-state index >= 15 is 0 Å². The van der Waals surface area contributed by atoms with Crippen molar-refractivity contribution in [3.8, 4) is 0 Å². The van der Waals surface area contributed by atoms with E-state index in [9.17, 15) is 4.79 Å². The Balaban J connectivity index is 1.59. The molecule has 0 aromatic rings. The molecule has 0 spiro atoms. The lowest BCUT2D eigenvalue weighted by atomic mass is 9.99. The molecule has 0 aromatic carbocycles. The zero-order chi connectivity index (χ0) is 11.0. The lowest BCUT2D eigenvalue weighted by Crippen LogP contribution is -2.27. The molecule has 0 N–H and O–H groups in total. The Hall–Kier alpha value is -0.830. The van der Waals surface area contributed by atoms with E-state index in [1.165, 1.54) is 6.42 Å². The average Bonchev–Trinajstić information content (AvgIpc) is 2.92. The van der Waals surface area contributed by atoms with Crippen molar-refractivity contribution in [1.82, 2.24) is 0 Å². The topological polar surface area (TPSA) is 35.5 Å². The van der Waals surface area contributed by atoms with Gasteiger partial charge in [0.15, 0.2) is 0 Å². The summed E-state index contributed by atoms with van der Waals surface area (Å²) < 4.78 is 10.8. The van der Waals surface area contributed by atoms with Gasteiger partial charge in [-0.3, -0.25) is 0 Å². The second-order valence-corrected chi connectivity index (χ2v) is 5.09. The monoisotopic (exact) mass is 222 g/mol. The van der Waals surface area contributed by atoms with Crippen LogP contribution in [0.15, 0.2) is 11.6 Å². The van der Waals surface area contributed by atoms with Crippen LogP contribution in [0.2, 0.25) is 0 Å². The van der Waals surface area contributed by atoms with E-state index < -0.39 is 0 Å². The Bertz CT molecular complexity index is 315. The summed E-state index contributed by atoms with van der Waals surface area (Å²) in [6.45, 7) is 0.725. The summed E-state index contributed by atoms with van der Waals surface area (Å²) in [6, 6.07) is 0. The van der Waals surface area contributed by atoms with Crippen LogP contribution in [0.4, 0.5) is 0 Å².